The van der Waals surface area contributed by atoms with Gasteiger partial charge in [-0.25, -0.2) is 4.98 Å². The van der Waals surface area contributed by atoms with Crippen LogP contribution in [0, 0.1) is 6.92 Å². The number of benzene rings is 1. The van der Waals surface area contributed by atoms with Crippen LogP contribution in [-0.2, 0) is 4.79 Å². The molecule has 1 unspecified atom stereocenters. The van der Waals surface area contributed by atoms with Crippen LogP contribution >= 0.6 is 0 Å². The molecule has 8 heteroatoms. The molecule has 1 fully saturated rings. The highest BCUT2D eigenvalue weighted by atomic mass is 16.5. The Labute approximate surface area is 177 Å². The molecule has 3 rings (SSSR count). The summed E-state index contributed by atoms with van der Waals surface area (Å²) < 4.78 is 5.11. The Kier molecular flexibility index (Phi) is 7.10. The summed E-state index contributed by atoms with van der Waals surface area (Å²) in [7, 11) is 5.51. The van der Waals surface area contributed by atoms with Crippen LogP contribution in [0.25, 0.3) is 0 Å². The van der Waals surface area contributed by atoms with Crippen LogP contribution < -0.4 is 20.3 Å². The van der Waals surface area contributed by atoms with Gasteiger partial charge in [-0.05, 0) is 50.3 Å². The second-order valence-electron chi connectivity index (χ2n) is 7.97. The summed E-state index contributed by atoms with van der Waals surface area (Å²) in [6.45, 7) is 1.99. The summed E-state index contributed by atoms with van der Waals surface area (Å²) in [5, 5.41) is 16.7. The third-order valence-corrected chi connectivity index (χ3v) is 5.46. The number of hydrogen-bond donors (Lipinski definition) is 3. The van der Waals surface area contributed by atoms with Gasteiger partial charge in [0.25, 0.3) is 5.91 Å². The van der Waals surface area contributed by atoms with Gasteiger partial charge in [-0.2, -0.15) is 4.98 Å². The minimum Gasteiger partial charge on any atom is -0.497 e. The summed E-state index contributed by atoms with van der Waals surface area (Å²) >= 11 is 0. The number of carbonyl (C=O) groups excluding carboxylic acids is 1. The van der Waals surface area contributed by atoms with Crippen LogP contribution in [0.5, 0.6) is 5.75 Å². The van der Waals surface area contributed by atoms with Crippen molar-refractivity contribution < 1.29 is 14.6 Å². The van der Waals surface area contributed by atoms with Crippen molar-refractivity contribution in [3.8, 4) is 5.75 Å². The van der Waals surface area contributed by atoms with Crippen LogP contribution in [0.2, 0.25) is 0 Å². The Morgan fingerprint density at radius 3 is 2.40 bits per heavy atom. The number of amides is 1. The Bertz CT molecular complexity index is 848. The largest absolute Gasteiger partial charge is 0.497 e. The van der Waals surface area contributed by atoms with Crippen LogP contribution in [0.4, 0.5) is 11.8 Å². The Morgan fingerprint density at radius 2 is 1.80 bits per heavy atom. The number of methoxy groups -OCH3 is 1. The molecule has 0 saturated heterocycles. The molecule has 1 aromatic heterocycles. The molecule has 0 aliphatic heterocycles. The van der Waals surface area contributed by atoms with Crippen molar-refractivity contribution in [2.75, 3.05) is 31.4 Å². The maximum absolute atomic E-state index is 12.4. The third kappa shape index (κ3) is 5.38. The fourth-order valence-electron chi connectivity index (χ4n) is 3.74. The van der Waals surface area contributed by atoms with Crippen molar-refractivity contribution in [3.63, 3.8) is 0 Å². The highest BCUT2D eigenvalue weighted by Gasteiger charge is 2.26. The molecule has 0 radical (unpaired) electrons. The van der Waals surface area contributed by atoms with Crippen LogP contribution in [0.15, 0.2) is 30.5 Å². The van der Waals surface area contributed by atoms with Gasteiger partial charge in [-0.1, -0.05) is 12.1 Å². The van der Waals surface area contributed by atoms with Crippen LogP contribution in [-0.4, -0.2) is 54.3 Å². The molecule has 1 amide bonds. The number of rotatable bonds is 7. The molecular weight excluding hydrogens is 382 g/mol. The number of aryl methyl sites for hydroxylation is 1. The summed E-state index contributed by atoms with van der Waals surface area (Å²) in [6.07, 6.45) is 4.13. The zero-order chi connectivity index (χ0) is 21.7. The molecule has 2 aromatic rings. The highest BCUT2D eigenvalue weighted by molar-refractivity contribution is 5.82. The first-order valence-electron chi connectivity index (χ1n) is 10.3. The third-order valence-electron chi connectivity index (χ3n) is 5.46. The van der Waals surface area contributed by atoms with Crippen molar-refractivity contribution >= 4 is 17.7 Å². The van der Waals surface area contributed by atoms with Gasteiger partial charge in [0.2, 0.25) is 5.95 Å². The lowest BCUT2D eigenvalue weighted by molar-refractivity contribution is -0.130. The van der Waals surface area contributed by atoms with Crippen molar-refractivity contribution in [1.82, 2.24) is 15.3 Å². The van der Waals surface area contributed by atoms with Gasteiger partial charge in [-0.3, -0.25) is 4.79 Å². The number of nitrogens with zero attached hydrogens (tertiary/aromatic N) is 3. The minimum absolute atomic E-state index is 0.0553. The van der Waals surface area contributed by atoms with E-state index in [9.17, 15) is 9.90 Å². The first-order valence-corrected chi connectivity index (χ1v) is 10.3. The zero-order valence-corrected chi connectivity index (χ0v) is 18.1. The molecule has 0 bridgehead atoms. The fourth-order valence-corrected chi connectivity index (χ4v) is 3.74. The lowest BCUT2D eigenvalue weighted by atomic mass is 9.91. The topological polar surface area (TPSA) is 99.6 Å². The molecule has 1 aliphatic rings. The summed E-state index contributed by atoms with van der Waals surface area (Å²) in [4.78, 5) is 23.4. The van der Waals surface area contributed by atoms with E-state index >= 15 is 0 Å². The first-order chi connectivity index (χ1) is 14.4. The van der Waals surface area contributed by atoms with E-state index in [4.69, 9.17) is 4.74 Å². The number of anilines is 2. The lowest BCUT2D eigenvalue weighted by Gasteiger charge is -2.30. The van der Waals surface area contributed by atoms with Gasteiger partial charge >= 0.3 is 0 Å². The van der Waals surface area contributed by atoms with Gasteiger partial charge in [0.15, 0.2) is 6.10 Å². The molecule has 1 atom stereocenters. The monoisotopic (exact) mass is 413 g/mol. The smallest absolute Gasteiger partial charge is 0.253 e. The van der Waals surface area contributed by atoms with Gasteiger partial charge in [-0.15, -0.1) is 0 Å². The number of aliphatic hydroxyl groups is 1. The molecule has 8 nitrogen and oxygen atoms in total. The second kappa shape index (κ2) is 9.75. The van der Waals surface area contributed by atoms with E-state index in [0.29, 0.717) is 17.3 Å². The molecule has 1 aliphatic carbocycles. The van der Waals surface area contributed by atoms with E-state index in [1.54, 1.807) is 31.4 Å². The van der Waals surface area contributed by atoms with Gasteiger partial charge in [0, 0.05) is 37.9 Å². The van der Waals surface area contributed by atoms with Crippen LogP contribution in [0.3, 0.4) is 0 Å². The predicted octanol–water partition coefficient (Wildman–Crippen LogP) is 2.43. The standard InChI is InChI=1S/C22H31N5O3/c1-14-13-23-22(26-20(14)27(2)3)25-17-9-7-16(8-10-17)24-21(29)19(28)15-5-11-18(30-4)12-6-15/h5-6,11-13,16-17,19,28H,7-10H2,1-4H3,(H,24,29)(H,23,25,26)/t16-,17+,19?. The number of nitrogens with one attached hydrogen (secondary N) is 2. The summed E-state index contributed by atoms with van der Waals surface area (Å²) in [6, 6.07) is 7.19. The summed E-state index contributed by atoms with van der Waals surface area (Å²) in [5.41, 5.74) is 1.59. The quantitative estimate of drug-likeness (QED) is 0.641. The highest BCUT2D eigenvalue weighted by Crippen LogP contribution is 2.24. The maximum Gasteiger partial charge on any atom is 0.253 e. The first kappa shape index (κ1) is 21.8. The molecule has 1 saturated carbocycles. The molecule has 1 heterocycles. The SMILES string of the molecule is COc1ccc(C(O)C(=O)N[C@H]2CC[C@@H](Nc3ncc(C)c(N(C)C)n3)CC2)cc1. The average Bonchev–Trinajstić information content (AvgIpc) is 2.75. The van der Waals surface area contributed by atoms with Crippen molar-refractivity contribution in [2.24, 2.45) is 0 Å². The summed E-state index contributed by atoms with van der Waals surface area (Å²) in [5.74, 6) is 1.86. The molecule has 162 valence electrons. The predicted molar refractivity (Wildman–Crippen MR) is 117 cm³/mol. The van der Waals surface area contributed by atoms with E-state index in [0.717, 1.165) is 37.1 Å². The van der Waals surface area contributed by atoms with E-state index in [-0.39, 0.29) is 18.0 Å². The van der Waals surface area contributed by atoms with E-state index in [1.165, 1.54) is 0 Å². The molecular formula is C22H31N5O3. The van der Waals surface area contributed by atoms with E-state index in [2.05, 4.69) is 20.6 Å². The molecule has 30 heavy (non-hydrogen) atoms. The normalized spacial score (nSPS) is 19.6. The Balaban J connectivity index is 1.49. The van der Waals surface area contributed by atoms with Gasteiger partial charge in [0.1, 0.15) is 11.6 Å². The second-order valence-corrected chi connectivity index (χ2v) is 7.97. The van der Waals surface area contributed by atoms with Gasteiger partial charge in [0.05, 0.1) is 7.11 Å². The van der Waals surface area contributed by atoms with Crippen LogP contribution in [0.1, 0.15) is 42.9 Å². The van der Waals surface area contributed by atoms with Crippen molar-refractivity contribution in [3.05, 3.63) is 41.6 Å². The number of aromatic nitrogens is 2. The maximum atomic E-state index is 12.4. The number of aliphatic hydroxyl groups excluding tert-OH is 1. The fraction of sp³-hybridized carbons (Fsp3) is 0.500. The van der Waals surface area contributed by atoms with E-state index < -0.39 is 6.10 Å². The molecule has 0 spiro atoms. The average molecular weight is 414 g/mol. The van der Waals surface area contributed by atoms with Crippen molar-refractivity contribution in [1.29, 1.82) is 0 Å². The molecule has 3 N–H and O–H groups in total. The number of hydrogen-bond acceptors (Lipinski definition) is 7. The lowest BCUT2D eigenvalue weighted by Crippen LogP contribution is -2.42. The van der Waals surface area contributed by atoms with E-state index in [1.807, 2.05) is 32.1 Å². The minimum atomic E-state index is -1.18. The van der Waals surface area contributed by atoms with Crippen molar-refractivity contribution in [2.45, 2.75) is 50.8 Å². The molecule has 1 aromatic carbocycles. The van der Waals surface area contributed by atoms with Gasteiger partial charge < -0.3 is 25.4 Å². The Hall–Kier alpha value is -2.87. The number of carbonyl (C=O) groups is 1. The number of ether oxygens (including phenoxy) is 1. The zero-order valence-electron chi connectivity index (χ0n) is 18.1. The Morgan fingerprint density at radius 1 is 1.17 bits per heavy atom.